The maximum Gasteiger partial charge on any atom is 0.410 e. The van der Waals surface area contributed by atoms with Crippen molar-refractivity contribution in [1.29, 1.82) is 0 Å². The maximum absolute atomic E-state index is 12.3. The zero-order valence-corrected chi connectivity index (χ0v) is 16.1. The molecule has 148 valence electrons. The molecule has 26 heavy (non-hydrogen) atoms. The van der Waals surface area contributed by atoms with Crippen LogP contribution < -0.4 is 5.32 Å². The van der Waals surface area contributed by atoms with Gasteiger partial charge in [-0.2, -0.15) is 0 Å². The standard InChI is InChI=1S/C19H32N2O5/c1-19(2,3)26-18(25)21-10-8-13(9-11-21)12-16(22)20-15-6-4-14(5-7-15)17(23)24/h13-15H,4-12H2,1-3H3,(H,20,22)(H,23,24). The van der Waals surface area contributed by atoms with Gasteiger partial charge < -0.3 is 20.1 Å². The van der Waals surface area contributed by atoms with Crippen LogP contribution in [0.25, 0.3) is 0 Å². The number of carboxylic acid groups (broad SMARTS) is 1. The van der Waals surface area contributed by atoms with E-state index in [-0.39, 0.29) is 29.9 Å². The Hall–Kier alpha value is -1.79. The van der Waals surface area contributed by atoms with Crippen LogP contribution in [-0.4, -0.2) is 52.7 Å². The molecule has 0 atom stereocenters. The highest BCUT2D eigenvalue weighted by Crippen LogP contribution is 2.26. The summed E-state index contributed by atoms with van der Waals surface area (Å²) in [7, 11) is 0. The highest BCUT2D eigenvalue weighted by molar-refractivity contribution is 5.76. The summed E-state index contributed by atoms with van der Waals surface area (Å²) in [5.74, 6) is -0.671. The Labute approximate surface area is 155 Å². The Bertz CT molecular complexity index is 513. The largest absolute Gasteiger partial charge is 0.481 e. The van der Waals surface area contributed by atoms with Gasteiger partial charge in [-0.1, -0.05) is 0 Å². The zero-order valence-electron chi connectivity index (χ0n) is 16.1. The van der Waals surface area contributed by atoms with Gasteiger partial charge in [-0.25, -0.2) is 4.79 Å². The number of ether oxygens (including phenoxy) is 1. The smallest absolute Gasteiger partial charge is 0.410 e. The summed E-state index contributed by atoms with van der Waals surface area (Å²) in [5.41, 5.74) is -0.493. The number of rotatable bonds is 4. The van der Waals surface area contributed by atoms with E-state index in [1.165, 1.54) is 0 Å². The number of hydrogen-bond donors (Lipinski definition) is 2. The lowest BCUT2D eigenvalue weighted by molar-refractivity contribution is -0.142. The molecule has 1 saturated heterocycles. The normalized spacial score (nSPS) is 24.8. The molecule has 7 nitrogen and oxygen atoms in total. The second-order valence-corrected chi connectivity index (χ2v) is 8.57. The molecule has 0 aromatic rings. The first-order valence-electron chi connectivity index (χ1n) is 9.64. The summed E-state index contributed by atoms with van der Waals surface area (Å²) in [4.78, 5) is 37.0. The molecule has 2 fully saturated rings. The van der Waals surface area contributed by atoms with Crippen molar-refractivity contribution in [3.05, 3.63) is 0 Å². The summed E-state index contributed by atoms with van der Waals surface area (Å²) in [5, 5.41) is 12.1. The number of carboxylic acids is 1. The fourth-order valence-corrected chi connectivity index (χ4v) is 3.68. The molecule has 2 N–H and O–H groups in total. The van der Waals surface area contributed by atoms with Gasteiger partial charge in [-0.05, 0) is 65.2 Å². The Morgan fingerprint density at radius 2 is 1.62 bits per heavy atom. The van der Waals surface area contributed by atoms with E-state index in [1.54, 1.807) is 4.90 Å². The fourth-order valence-electron chi connectivity index (χ4n) is 3.68. The molecule has 2 rings (SSSR count). The van der Waals surface area contributed by atoms with Gasteiger partial charge in [0.05, 0.1) is 5.92 Å². The van der Waals surface area contributed by atoms with Crippen LogP contribution in [0.5, 0.6) is 0 Å². The number of carbonyl (C=O) groups is 3. The van der Waals surface area contributed by atoms with E-state index in [1.807, 2.05) is 20.8 Å². The molecule has 0 aromatic carbocycles. The van der Waals surface area contributed by atoms with E-state index in [9.17, 15) is 14.4 Å². The lowest BCUT2D eigenvalue weighted by Gasteiger charge is -2.33. The van der Waals surface area contributed by atoms with Gasteiger partial charge >= 0.3 is 12.1 Å². The van der Waals surface area contributed by atoms with Crippen LogP contribution >= 0.6 is 0 Å². The van der Waals surface area contributed by atoms with Crippen LogP contribution in [-0.2, 0) is 14.3 Å². The molecule has 0 spiro atoms. The number of hydrogen-bond acceptors (Lipinski definition) is 4. The van der Waals surface area contributed by atoms with Gasteiger partial charge in [0.15, 0.2) is 0 Å². The topological polar surface area (TPSA) is 95.9 Å². The van der Waals surface area contributed by atoms with Crippen LogP contribution in [0.3, 0.4) is 0 Å². The van der Waals surface area contributed by atoms with Crippen molar-refractivity contribution in [3.63, 3.8) is 0 Å². The molecular formula is C19H32N2O5. The number of nitrogens with one attached hydrogen (secondary N) is 1. The second-order valence-electron chi connectivity index (χ2n) is 8.57. The Kier molecular flexibility index (Phi) is 6.89. The van der Waals surface area contributed by atoms with Gasteiger partial charge in [0.2, 0.25) is 5.91 Å². The summed E-state index contributed by atoms with van der Waals surface area (Å²) in [6, 6.07) is 0.0972. The molecule has 2 amide bonds. The summed E-state index contributed by atoms with van der Waals surface area (Å²) in [6.07, 6.45) is 4.54. The Morgan fingerprint density at radius 3 is 2.12 bits per heavy atom. The predicted molar refractivity (Wildman–Crippen MR) is 96.7 cm³/mol. The van der Waals surface area contributed by atoms with Crippen molar-refractivity contribution < 1.29 is 24.2 Å². The van der Waals surface area contributed by atoms with Gasteiger partial charge in [0.1, 0.15) is 5.60 Å². The zero-order chi connectivity index (χ0) is 19.3. The van der Waals surface area contributed by atoms with Crippen molar-refractivity contribution in [2.45, 2.75) is 77.4 Å². The van der Waals surface area contributed by atoms with Crippen LogP contribution in [0.2, 0.25) is 0 Å². The predicted octanol–water partition coefficient (Wildman–Crippen LogP) is 2.78. The van der Waals surface area contributed by atoms with Gasteiger partial charge in [0, 0.05) is 25.6 Å². The quantitative estimate of drug-likeness (QED) is 0.795. The molecule has 0 radical (unpaired) electrons. The van der Waals surface area contributed by atoms with E-state index in [0.29, 0.717) is 32.4 Å². The number of amides is 2. The highest BCUT2D eigenvalue weighted by atomic mass is 16.6. The van der Waals surface area contributed by atoms with Crippen LogP contribution in [0, 0.1) is 11.8 Å². The van der Waals surface area contributed by atoms with Crippen LogP contribution in [0.1, 0.15) is 65.7 Å². The molecule has 0 bridgehead atoms. The fraction of sp³-hybridized carbons (Fsp3) is 0.842. The van der Waals surface area contributed by atoms with Crippen molar-refractivity contribution in [3.8, 4) is 0 Å². The third-order valence-corrected chi connectivity index (χ3v) is 5.18. The minimum Gasteiger partial charge on any atom is -0.481 e. The minimum absolute atomic E-state index is 0.0412. The van der Waals surface area contributed by atoms with Crippen molar-refractivity contribution in [2.24, 2.45) is 11.8 Å². The second kappa shape index (κ2) is 8.73. The molecule has 2 aliphatic rings. The molecule has 1 aliphatic heterocycles. The average molecular weight is 368 g/mol. The monoisotopic (exact) mass is 368 g/mol. The van der Waals surface area contributed by atoms with Crippen molar-refractivity contribution >= 4 is 18.0 Å². The molecule has 0 unspecified atom stereocenters. The third-order valence-electron chi connectivity index (χ3n) is 5.18. The van der Waals surface area contributed by atoms with E-state index in [2.05, 4.69) is 5.32 Å². The van der Waals surface area contributed by atoms with Crippen molar-refractivity contribution in [2.75, 3.05) is 13.1 Å². The third kappa shape index (κ3) is 6.50. The number of aliphatic carboxylic acids is 1. The summed E-state index contributed by atoms with van der Waals surface area (Å²) in [6.45, 7) is 6.80. The van der Waals surface area contributed by atoms with E-state index < -0.39 is 11.6 Å². The Morgan fingerprint density at radius 1 is 1.04 bits per heavy atom. The average Bonchev–Trinajstić information content (AvgIpc) is 2.54. The minimum atomic E-state index is -0.730. The number of carbonyl (C=O) groups excluding carboxylic acids is 2. The van der Waals surface area contributed by atoms with Gasteiger partial charge in [-0.3, -0.25) is 9.59 Å². The van der Waals surface area contributed by atoms with E-state index in [4.69, 9.17) is 9.84 Å². The van der Waals surface area contributed by atoms with E-state index >= 15 is 0 Å². The lowest BCUT2D eigenvalue weighted by Crippen LogP contribution is -2.43. The van der Waals surface area contributed by atoms with Gasteiger partial charge in [-0.15, -0.1) is 0 Å². The molecule has 0 aromatic heterocycles. The SMILES string of the molecule is CC(C)(C)OC(=O)N1CCC(CC(=O)NC2CCC(C(=O)O)CC2)CC1. The summed E-state index contributed by atoms with van der Waals surface area (Å²) >= 11 is 0. The van der Waals surface area contributed by atoms with Crippen LogP contribution in [0.15, 0.2) is 0 Å². The first-order valence-corrected chi connectivity index (χ1v) is 9.64. The number of nitrogens with zero attached hydrogens (tertiary/aromatic N) is 1. The molecule has 7 heteroatoms. The highest BCUT2D eigenvalue weighted by Gasteiger charge is 2.29. The molecule has 1 heterocycles. The van der Waals surface area contributed by atoms with Gasteiger partial charge in [0.25, 0.3) is 0 Å². The first-order chi connectivity index (χ1) is 12.1. The lowest BCUT2D eigenvalue weighted by atomic mass is 9.86. The maximum atomic E-state index is 12.3. The molecular weight excluding hydrogens is 336 g/mol. The molecule has 1 saturated carbocycles. The first kappa shape index (κ1) is 20.5. The Balaban J connectivity index is 1.67. The summed E-state index contributed by atoms with van der Waals surface area (Å²) < 4.78 is 5.39. The number of likely N-dealkylation sites (tertiary alicyclic amines) is 1. The van der Waals surface area contributed by atoms with E-state index in [0.717, 1.165) is 25.7 Å². The van der Waals surface area contributed by atoms with Crippen molar-refractivity contribution in [1.82, 2.24) is 10.2 Å². The number of piperidine rings is 1. The molecule has 1 aliphatic carbocycles. The van der Waals surface area contributed by atoms with Crippen LogP contribution in [0.4, 0.5) is 4.79 Å².